The van der Waals surface area contributed by atoms with E-state index in [-0.39, 0.29) is 24.8 Å². The summed E-state index contributed by atoms with van der Waals surface area (Å²) < 4.78 is 4.98. The Kier molecular flexibility index (Phi) is 5.64. The van der Waals surface area contributed by atoms with Gasteiger partial charge in [-0.3, -0.25) is 4.79 Å². The van der Waals surface area contributed by atoms with Crippen LogP contribution < -0.4 is 5.32 Å². The molecule has 0 bridgehead atoms. The van der Waals surface area contributed by atoms with Crippen LogP contribution in [0.3, 0.4) is 0 Å². The Morgan fingerprint density at radius 3 is 2.94 bits per heavy atom. The first-order valence-corrected chi connectivity index (χ1v) is 5.11. The minimum atomic E-state index is -0.269. The molecule has 0 aliphatic carbocycles. The molecule has 0 atom stereocenters. The van der Waals surface area contributed by atoms with Crippen molar-refractivity contribution in [2.24, 2.45) is 0 Å². The molecule has 17 heavy (non-hydrogen) atoms. The first-order chi connectivity index (χ1) is 8.27. The second-order valence-electron chi connectivity index (χ2n) is 3.14. The van der Waals surface area contributed by atoms with E-state index in [9.17, 15) is 4.79 Å². The zero-order chi connectivity index (χ0) is 12.5. The third-order valence-electron chi connectivity index (χ3n) is 1.91. The highest BCUT2D eigenvalue weighted by Gasteiger charge is 2.04. The molecule has 0 spiro atoms. The molecule has 1 amide bonds. The second-order valence-corrected chi connectivity index (χ2v) is 3.14. The van der Waals surface area contributed by atoms with Crippen LogP contribution in [0.1, 0.15) is 16.1 Å². The zero-order valence-corrected chi connectivity index (χ0v) is 9.22. The van der Waals surface area contributed by atoms with Crippen LogP contribution in [-0.2, 0) is 4.74 Å². The van der Waals surface area contributed by atoms with Gasteiger partial charge in [-0.15, -0.1) is 0 Å². The molecule has 6 nitrogen and oxygen atoms in total. The van der Waals surface area contributed by atoms with E-state index in [1.807, 2.05) is 6.07 Å². The van der Waals surface area contributed by atoms with Gasteiger partial charge in [-0.05, 0) is 12.1 Å². The van der Waals surface area contributed by atoms with Gasteiger partial charge in [0.05, 0.1) is 25.4 Å². The number of hydrogen-bond acceptors (Lipinski definition) is 5. The number of pyridine rings is 1. The number of rotatable bonds is 6. The minimum absolute atomic E-state index is 0.0342. The molecule has 2 N–H and O–H groups in total. The summed E-state index contributed by atoms with van der Waals surface area (Å²) in [6.45, 7) is 0.927. The fourth-order valence-electron chi connectivity index (χ4n) is 1.10. The fraction of sp³-hybridized carbons (Fsp3) is 0.364. The molecule has 0 aliphatic rings. The molecule has 1 heterocycles. The number of ether oxygens (including phenoxy) is 1. The van der Waals surface area contributed by atoms with Gasteiger partial charge >= 0.3 is 0 Å². The van der Waals surface area contributed by atoms with E-state index in [0.29, 0.717) is 18.7 Å². The van der Waals surface area contributed by atoms with E-state index in [1.165, 1.54) is 18.3 Å². The van der Waals surface area contributed by atoms with Crippen LogP contribution in [0.4, 0.5) is 0 Å². The van der Waals surface area contributed by atoms with Gasteiger partial charge in [-0.1, -0.05) is 0 Å². The van der Waals surface area contributed by atoms with E-state index in [1.54, 1.807) is 0 Å². The number of hydrogen-bond donors (Lipinski definition) is 2. The molecule has 1 aromatic heterocycles. The molecule has 0 radical (unpaired) electrons. The van der Waals surface area contributed by atoms with Gasteiger partial charge in [0.15, 0.2) is 0 Å². The number of nitrogens with one attached hydrogen (secondary N) is 1. The van der Waals surface area contributed by atoms with Crippen molar-refractivity contribution in [1.29, 1.82) is 5.26 Å². The molecule has 0 saturated carbocycles. The van der Waals surface area contributed by atoms with Gasteiger partial charge in [-0.25, -0.2) is 4.98 Å². The normalized spacial score (nSPS) is 9.65. The summed E-state index contributed by atoms with van der Waals surface area (Å²) in [5, 5.41) is 19.6. The van der Waals surface area contributed by atoms with Crippen LogP contribution >= 0.6 is 0 Å². The summed E-state index contributed by atoms with van der Waals surface area (Å²) in [5.74, 6) is -0.269. The van der Waals surface area contributed by atoms with Crippen molar-refractivity contribution in [3.8, 4) is 6.07 Å². The topological polar surface area (TPSA) is 95.2 Å². The average Bonchev–Trinajstić information content (AvgIpc) is 2.38. The molecule has 0 unspecified atom stereocenters. The molecule has 6 heteroatoms. The summed E-state index contributed by atoms with van der Waals surface area (Å²) in [4.78, 5) is 15.3. The smallest absolute Gasteiger partial charge is 0.252 e. The summed E-state index contributed by atoms with van der Waals surface area (Å²) in [5.41, 5.74) is 0.666. The van der Waals surface area contributed by atoms with Crippen molar-refractivity contribution in [3.63, 3.8) is 0 Å². The number of nitrogens with zero attached hydrogens (tertiary/aromatic N) is 2. The van der Waals surface area contributed by atoms with E-state index in [0.717, 1.165) is 0 Å². The number of aliphatic hydroxyl groups excluding tert-OH is 1. The monoisotopic (exact) mass is 235 g/mol. The number of aromatic nitrogens is 1. The third-order valence-corrected chi connectivity index (χ3v) is 1.91. The molecule has 0 fully saturated rings. The maximum Gasteiger partial charge on any atom is 0.252 e. The second kappa shape index (κ2) is 7.33. The Morgan fingerprint density at radius 2 is 2.35 bits per heavy atom. The zero-order valence-electron chi connectivity index (χ0n) is 9.22. The van der Waals surface area contributed by atoms with Gasteiger partial charge in [0.2, 0.25) is 0 Å². The van der Waals surface area contributed by atoms with Gasteiger partial charge in [-0.2, -0.15) is 5.26 Å². The highest BCUT2D eigenvalue weighted by molar-refractivity contribution is 5.93. The Labute approximate surface area is 98.9 Å². The first kappa shape index (κ1) is 13.1. The summed E-state index contributed by atoms with van der Waals surface area (Å²) >= 11 is 0. The van der Waals surface area contributed by atoms with E-state index in [4.69, 9.17) is 15.1 Å². The van der Waals surface area contributed by atoms with Crippen LogP contribution in [-0.4, -0.2) is 42.4 Å². The predicted octanol–water partition coefficient (Wildman–Crippen LogP) is -0.308. The lowest BCUT2D eigenvalue weighted by molar-refractivity contribution is 0.0838. The lowest BCUT2D eigenvalue weighted by Crippen LogP contribution is -2.27. The van der Waals surface area contributed by atoms with Crippen molar-refractivity contribution < 1.29 is 14.6 Å². The quantitative estimate of drug-likeness (QED) is 0.659. The van der Waals surface area contributed by atoms with Crippen LogP contribution in [0.5, 0.6) is 0 Å². The number of amides is 1. The maximum absolute atomic E-state index is 11.5. The van der Waals surface area contributed by atoms with Gasteiger partial charge in [0, 0.05) is 12.7 Å². The van der Waals surface area contributed by atoms with Crippen molar-refractivity contribution in [3.05, 3.63) is 29.6 Å². The average molecular weight is 235 g/mol. The third kappa shape index (κ3) is 4.59. The molecule has 0 saturated heterocycles. The van der Waals surface area contributed by atoms with Gasteiger partial charge in [0.1, 0.15) is 11.8 Å². The Balaban J connectivity index is 2.34. The molecule has 90 valence electrons. The number of carbonyl (C=O) groups excluding carboxylic acids is 1. The van der Waals surface area contributed by atoms with Crippen molar-refractivity contribution >= 4 is 5.91 Å². The lowest BCUT2D eigenvalue weighted by Gasteiger charge is -2.05. The maximum atomic E-state index is 11.5. The number of nitriles is 1. The van der Waals surface area contributed by atoms with Crippen LogP contribution in [0.25, 0.3) is 0 Å². The standard InChI is InChI=1S/C11H13N3O3/c12-7-10-2-1-9(8-14-10)11(16)13-3-5-17-6-4-15/h1-2,8,15H,3-6H2,(H,13,16). The van der Waals surface area contributed by atoms with Crippen LogP contribution in [0, 0.1) is 11.3 Å². The summed E-state index contributed by atoms with van der Waals surface area (Å²) in [6.07, 6.45) is 1.35. The highest BCUT2D eigenvalue weighted by atomic mass is 16.5. The van der Waals surface area contributed by atoms with E-state index in [2.05, 4.69) is 10.3 Å². The Hall–Kier alpha value is -1.97. The molecule has 0 aliphatic heterocycles. The Bertz CT molecular complexity index is 397. The molecule has 1 rings (SSSR count). The predicted molar refractivity (Wildman–Crippen MR) is 59.2 cm³/mol. The van der Waals surface area contributed by atoms with Crippen LogP contribution in [0.2, 0.25) is 0 Å². The van der Waals surface area contributed by atoms with Crippen molar-refractivity contribution in [1.82, 2.24) is 10.3 Å². The summed E-state index contributed by atoms with van der Waals surface area (Å²) in [7, 11) is 0. The van der Waals surface area contributed by atoms with Gasteiger partial charge < -0.3 is 15.2 Å². The molecular formula is C11H13N3O3. The van der Waals surface area contributed by atoms with Crippen molar-refractivity contribution in [2.75, 3.05) is 26.4 Å². The lowest BCUT2D eigenvalue weighted by atomic mass is 10.2. The number of aliphatic hydroxyl groups is 1. The van der Waals surface area contributed by atoms with E-state index < -0.39 is 0 Å². The highest BCUT2D eigenvalue weighted by Crippen LogP contribution is 1.98. The Morgan fingerprint density at radius 1 is 1.53 bits per heavy atom. The van der Waals surface area contributed by atoms with Crippen molar-refractivity contribution in [2.45, 2.75) is 0 Å². The minimum Gasteiger partial charge on any atom is -0.394 e. The number of carbonyl (C=O) groups is 1. The SMILES string of the molecule is N#Cc1ccc(C(=O)NCCOCCO)cn1. The van der Waals surface area contributed by atoms with Crippen LogP contribution in [0.15, 0.2) is 18.3 Å². The summed E-state index contributed by atoms with van der Waals surface area (Å²) in [6, 6.07) is 4.89. The fourth-order valence-corrected chi connectivity index (χ4v) is 1.10. The molecule has 0 aromatic carbocycles. The molecule has 1 aromatic rings. The van der Waals surface area contributed by atoms with Gasteiger partial charge in [0.25, 0.3) is 5.91 Å². The largest absolute Gasteiger partial charge is 0.394 e. The van der Waals surface area contributed by atoms with E-state index >= 15 is 0 Å². The first-order valence-electron chi connectivity index (χ1n) is 5.11. The molecular weight excluding hydrogens is 222 g/mol.